The van der Waals surface area contributed by atoms with Crippen molar-refractivity contribution in [1.82, 2.24) is 19.9 Å². The molecule has 4 heterocycles. The second kappa shape index (κ2) is 11.7. The fourth-order valence-corrected chi connectivity index (χ4v) is 5.49. The summed E-state index contributed by atoms with van der Waals surface area (Å²) in [6, 6.07) is 6.92. The van der Waals surface area contributed by atoms with E-state index >= 15 is 4.39 Å². The lowest BCUT2D eigenvalue weighted by atomic mass is 9.88. The molecule has 0 unspecified atom stereocenters. The average molecular weight is 581 g/mol. The molecule has 0 radical (unpaired) electrons. The first kappa shape index (κ1) is 29.5. The van der Waals surface area contributed by atoms with Crippen molar-refractivity contribution in [3.63, 3.8) is 0 Å². The van der Waals surface area contributed by atoms with E-state index in [4.69, 9.17) is 14.5 Å². The highest BCUT2D eigenvalue weighted by atomic mass is 19.1. The predicted molar refractivity (Wildman–Crippen MR) is 157 cm³/mol. The van der Waals surface area contributed by atoms with Crippen molar-refractivity contribution < 1.29 is 23.0 Å². The number of carbonyl (C=O) groups is 1. The molecule has 224 valence electrons. The predicted octanol–water partition coefficient (Wildman–Crippen LogP) is 6.59. The number of pyridine rings is 1. The Kier molecular flexibility index (Phi) is 8.21. The summed E-state index contributed by atoms with van der Waals surface area (Å²) in [5, 5.41) is 3.06. The summed E-state index contributed by atoms with van der Waals surface area (Å²) in [6.45, 7) is 13.8. The molecule has 0 atom stereocenters. The number of hydrogen-bond donors (Lipinski definition) is 1. The minimum Gasteiger partial charge on any atom is -0.486 e. The molecule has 1 aromatic carbocycles. The number of fused-ring (bicyclic) bond motifs is 1. The molecule has 9 nitrogen and oxygen atoms in total. The van der Waals surface area contributed by atoms with Crippen LogP contribution in [0.2, 0.25) is 0 Å². The number of rotatable bonds is 5. The Morgan fingerprint density at radius 1 is 1.10 bits per heavy atom. The van der Waals surface area contributed by atoms with E-state index in [-0.39, 0.29) is 35.4 Å². The molecule has 42 heavy (non-hydrogen) atoms. The van der Waals surface area contributed by atoms with Crippen LogP contribution >= 0.6 is 0 Å². The van der Waals surface area contributed by atoms with E-state index < -0.39 is 17.2 Å². The molecule has 0 aliphatic carbocycles. The molecule has 0 bridgehead atoms. The van der Waals surface area contributed by atoms with E-state index in [1.165, 1.54) is 6.07 Å². The quantitative estimate of drug-likeness (QED) is 0.361. The maximum absolute atomic E-state index is 15.0. The van der Waals surface area contributed by atoms with Crippen LogP contribution in [0.1, 0.15) is 64.6 Å². The van der Waals surface area contributed by atoms with Crippen molar-refractivity contribution in [2.45, 2.75) is 71.9 Å². The fourth-order valence-electron chi connectivity index (χ4n) is 5.49. The monoisotopic (exact) mass is 580 g/mol. The van der Waals surface area contributed by atoms with Crippen molar-refractivity contribution in [2.75, 3.05) is 36.5 Å². The van der Waals surface area contributed by atoms with Crippen LogP contribution in [0.25, 0.3) is 11.3 Å². The minimum atomic E-state index is -0.662. The normalized spacial score (nSPS) is 15.8. The molecule has 1 amide bonds. The Morgan fingerprint density at radius 2 is 1.83 bits per heavy atom. The fraction of sp³-hybridized carbons (Fsp3) is 0.484. The molecule has 0 saturated carbocycles. The third-order valence-electron chi connectivity index (χ3n) is 7.51. The lowest BCUT2D eigenvalue weighted by molar-refractivity contribution is 0.0204. The van der Waals surface area contributed by atoms with Gasteiger partial charge in [-0.15, -0.1) is 0 Å². The van der Waals surface area contributed by atoms with Crippen LogP contribution in [-0.2, 0) is 4.74 Å². The van der Waals surface area contributed by atoms with Gasteiger partial charge in [0.15, 0.2) is 17.4 Å². The second-order valence-electron chi connectivity index (χ2n) is 12.1. The number of benzene rings is 1. The number of carbonyl (C=O) groups excluding carboxylic acids is 1. The molecule has 3 aromatic rings. The Bertz CT molecular complexity index is 1470. The largest absolute Gasteiger partial charge is 0.486 e. The number of likely N-dealkylation sites (tertiary alicyclic amines) is 1. The number of halogens is 2. The lowest BCUT2D eigenvalue weighted by Gasteiger charge is -2.34. The topological polar surface area (TPSA) is 92.7 Å². The van der Waals surface area contributed by atoms with Gasteiger partial charge in [0.1, 0.15) is 23.7 Å². The number of aromatic nitrogens is 3. The number of hydrogen-bond acceptors (Lipinski definition) is 8. The Hall–Kier alpha value is -4.02. The number of piperidine rings is 1. The first-order chi connectivity index (χ1) is 19.9. The number of ether oxygens (including phenoxy) is 2. The van der Waals surface area contributed by atoms with Gasteiger partial charge in [0, 0.05) is 30.4 Å². The molecule has 1 fully saturated rings. The smallest absolute Gasteiger partial charge is 0.410 e. The first-order valence-electron chi connectivity index (χ1n) is 14.4. The standard InChI is InChI=1S/C31H38F2N6O3/c1-18(2)39-13-14-41-28-23(32)15-21(16-25(28)39)27-24(33)17-34-29(37-27)36-26-8-7-22(19(3)35-26)20-9-11-38(12-10-20)30(40)42-31(4,5)6/h7-8,15-18,20H,9-14H2,1-6H3,(H,34,35,36,37). The molecule has 11 heteroatoms. The molecular formula is C31H38F2N6O3. The molecule has 2 aromatic heterocycles. The molecule has 1 saturated heterocycles. The van der Waals surface area contributed by atoms with E-state index in [0.717, 1.165) is 30.3 Å². The Morgan fingerprint density at radius 3 is 2.50 bits per heavy atom. The van der Waals surface area contributed by atoms with Gasteiger partial charge in [-0.1, -0.05) is 6.07 Å². The van der Waals surface area contributed by atoms with Gasteiger partial charge >= 0.3 is 6.09 Å². The highest BCUT2D eigenvalue weighted by Crippen LogP contribution is 2.39. The van der Waals surface area contributed by atoms with Crippen molar-refractivity contribution in [3.8, 4) is 17.0 Å². The maximum Gasteiger partial charge on any atom is 0.410 e. The van der Waals surface area contributed by atoms with Crippen LogP contribution in [0.5, 0.6) is 5.75 Å². The van der Waals surface area contributed by atoms with E-state index in [1.54, 1.807) is 11.0 Å². The van der Waals surface area contributed by atoms with E-state index in [1.807, 2.05) is 58.6 Å². The van der Waals surface area contributed by atoms with Crippen molar-refractivity contribution in [1.29, 1.82) is 0 Å². The summed E-state index contributed by atoms with van der Waals surface area (Å²) in [4.78, 5) is 29.4. The molecule has 5 rings (SSSR count). The summed E-state index contributed by atoms with van der Waals surface area (Å²) < 4.78 is 41.0. The van der Waals surface area contributed by atoms with Crippen molar-refractivity contribution in [2.24, 2.45) is 0 Å². The molecule has 1 N–H and O–H groups in total. The Balaban J connectivity index is 1.31. The molecule has 0 spiro atoms. The number of nitrogens with one attached hydrogen (secondary N) is 1. The van der Waals surface area contributed by atoms with Gasteiger partial charge in [0.2, 0.25) is 5.95 Å². The summed E-state index contributed by atoms with van der Waals surface area (Å²) in [5.41, 5.74) is 2.29. The number of amides is 1. The van der Waals surface area contributed by atoms with Gasteiger partial charge in [-0.25, -0.2) is 28.5 Å². The number of nitrogens with zero attached hydrogens (tertiary/aromatic N) is 5. The zero-order valence-electron chi connectivity index (χ0n) is 25.0. The van der Waals surface area contributed by atoms with Crippen LogP contribution in [0.3, 0.4) is 0 Å². The minimum absolute atomic E-state index is 0.0198. The SMILES string of the molecule is Cc1nc(Nc2ncc(F)c(-c3cc(F)c4c(c3)N(C(C)C)CCO4)n2)ccc1C1CCN(C(=O)OC(C)(C)C)CC1. The van der Waals surface area contributed by atoms with Gasteiger partial charge in [-0.3, -0.25) is 0 Å². The maximum atomic E-state index is 15.0. The van der Waals surface area contributed by atoms with Gasteiger partial charge in [-0.2, -0.15) is 0 Å². The third-order valence-corrected chi connectivity index (χ3v) is 7.51. The van der Waals surface area contributed by atoms with E-state index in [9.17, 15) is 9.18 Å². The van der Waals surface area contributed by atoms with Crippen LogP contribution in [0.4, 0.5) is 31.0 Å². The summed E-state index contributed by atoms with van der Waals surface area (Å²) in [5.74, 6) is -0.132. The van der Waals surface area contributed by atoms with Crippen LogP contribution in [0, 0.1) is 18.6 Å². The van der Waals surface area contributed by atoms with Gasteiger partial charge in [-0.05, 0) is 84.1 Å². The molecule has 2 aliphatic heterocycles. The second-order valence-corrected chi connectivity index (χ2v) is 12.1. The van der Waals surface area contributed by atoms with Crippen molar-refractivity contribution in [3.05, 3.63) is 53.4 Å². The highest BCUT2D eigenvalue weighted by molar-refractivity contribution is 5.73. The van der Waals surface area contributed by atoms with Crippen LogP contribution in [0.15, 0.2) is 30.5 Å². The third kappa shape index (κ3) is 6.39. The van der Waals surface area contributed by atoms with Crippen LogP contribution < -0.4 is 15.0 Å². The summed E-state index contributed by atoms with van der Waals surface area (Å²) in [6.07, 6.45) is 2.42. The van der Waals surface area contributed by atoms with E-state index in [0.29, 0.717) is 43.3 Å². The Labute approximate surface area is 245 Å². The lowest BCUT2D eigenvalue weighted by Crippen LogP contribution is -2.41. The molecule has 2 aliphatic rings. The zero-order chi connectivity index (χ0) is 30.2. The van der Waals surface area contributed by atoms with E-state index in [2.05, 4.69) is 15.3 Å². The van der Waals surface area contributed by atoms with Crippen molar-refractivity contribution >= 4 is 23.5 Å². The summed E-state index contributed by atoms with van der Waals surface area (Å²) >= 11 is 0. The van der Waals surface area contributed by atoms with Crippen LogP contribution in [-0.4, -0.2) is 63.8 Å². The zero-order valence-corrected chi connectivity index (χ0v) is 25.0. The first-order valence-corrected chi connectivity index (χ1v) is 14.4. The summed E-state index contributed by atoms with van der Waals surface area (Å²) in [7, 11) is 0. The number of anilines is 3. The van der Waals surface area contributed by atoms with Gasteiger partial charge in [0.25, 0.3) is 0 Å². The number of aryl methyl sites for hydroxylation is 1. The van der Waals surface area contributed by atoms with Gasteiger partial charge < -0.3 is 24.6 Å². The molecular weight excluding hydrogens is 542 g/mol. The highest BCUT2D eigenvalue weighted by Gasteiger charge is 2.29. The van der Waals surface area contributed by atoms with Gasteiger partial charge in [0.05, 0.1) is 18.4 Å². The average Bonchev–Trinajstić information content (AvgIpc) is 2.93.